The topological polar surface area (TPSA) is 12.9 Å². The van der Waals surface area contributed by atoms with Crippen molar-refractivity contribution < 1.29 is 13.2 Å². The molecule has 0 spiro atoms. The summed E-state index contributed by atoms with van der Waals surface area (Å²) >= 11 is 5.26. The molecular weight excluding hydrogens is 215 g/mol. The molecule has 0 aromatic carbocycles. The Hall–Kier alpha value is -1.21. The molecule has 0 bridgehead atoms. The van der Waals surface area contributed by atoms with E-state index >= 15 is 0 Å². The summed E-state index contributed by atoms with van der Waals surface area (Å²) in [6.45, 7) is 0. The standard InChI is InChI=1S/C9H5ClF3N/c10-3-1-2-7-4-8(6-14-5-7)9(11,12)13/h4-6H,3H2. The van der Waals surface area contributed by atoms with Gasteiger partial charge in [-0.25, -0.2) is 0 Å². The van der Waals surface area contributed by atoms with E-state index in [9.17, 15) is 13.2 Å². The van der Waals surface area contributed by atoms with Crippen molar-refractivity contribution in [1.82, 2.24) is 4.98 Å². The van der Waals surface area contributed by atoms with Crippen molar-refractivity contribution in [1.29, 1.82) is 0 Å². The molecule has 5 heteroatoms. The maximum absolute atomic E-state index is 12.2. The number of hydrogen-bond acceptors (Lipinski definition) is 1. The number of hydrogen-bond donors (Lipinski definition) is 0. The molecule has 0 radical (unpaired) electrons. The molecule has 1 aromatic rings. The molecule has 0 saturated heterocycles. The molecule has 0 aliphatic rings. The normalized spacial score (nSPS) is 10.6. The van der Waals surface area contributed by atoms with Crippen molar-refractivity contribution in [3.05, 3.63) is 29.6 Å². The first-order valence-electron chi connectivity index (χ1n) is 3.61. The second kappa shape index (κ2) is 4.34. The Labute approximate surface area is 83.9 Å². The fraction of sp³-hybridized carbons (Fsp3) is 0.222. The van der Waals surface area contributed by atoms with Crippen LogP contribution in [-0.2, 0) is 6.18 Å². The first-order valence-corrected chi connectivity index (χ1v) is 4.14. The third-order valence-electron chi connectivity index (χ3n) is 1.37. The zero-order valence-electron chi connectivity index (χ0n) is 6.90. The molecule has 1 rings (SSSR count). The molecule has 0 aliphatic heterocycles. The van der Waals surface area contributed by atoms with Gasteiger partial charge in [-0.05, 0) is 6.07 Å². The first kappa shape index (κ1) is 10.9. The van der Waals surface area contributed by atoms with E-state index in [1.165, 1.54) is 6.20 Å². The van der Waals surface area contributed by atoms with E-state index in [1.54, 1.807) is 0 Å². The van der Waals surface area contributed by atoms with Gasteiger partial charge in [0.15, 0.2) is 0 Å². The van der Waals surface area contributed by atoms with E-state index in [-0.39, 0.29) is 11.4 Å². The van der Waals surface area contributed by atoms with Gasteiger partial charge in [-0.3, -0.25) is 4.98 Å². The zero-order chi connectivity index (χ0) is 10.6. The van der Waals surface area contributed by atoms with Crippen LogP contribution >= 0.6 is 11.6 Å². The van der Waals surface area contributed by atoms with Crippen LogP contribution in [0.15, 0.2) is 18.5 Å². The maximum Gasteiger partial charge on any atom is 0.417 e. The highest BCUT2D eigenvalue weighted by molar-refractivity contribution is 6.19. The average Bonchev–Trinajstić information content (AvgIpc) is 2.14. The van der Waals surface area contributed by atoms with Gasteiger partial charge in [0.1, 0.15) is 0 Å². The van der Waals surface area contributed by atoms with Gasteiger partial charge in [-0.1, -0.05) is 11.8 Å². The number of alkyl halides is 4. The molecule has 0 N–H and O–H groups in total. The van der Waals surface area contributed by atoms with Crippen molar-refractivity contribution in [3.8, 4) is 11.8 Å². The summed E-state index contributed by atoms with van der Waals surface area (Å²) in [5.74, 6) is 4.99. The molecule has 0 fully saturated rings. The predicted molar refractivity (Wildman–Crippen MR) is 46.8 cm³/mol. The zero-order valence-corrected chi connectivity index (χ0v) is 7.65. The average molecular weight is 220 g/mol. The number of rotatable bonds is 0. The highest BCUT2D eigenvalue weighted by Crippen LogP contribution is 2.28. The van der Waals surface area contributed by atoms with E-state index in [4.69, 9.17) is 11.6 Å². The van der Waals surface area contributed by atoms with Crippen LogP contribution in [-0.4, -0.2) is 10.9 Å². The summed E-state index contributed by atoms with van der Waals surface area (Å²) < 4.78 is 36.5. The highest BCUT2D eigenvalue weighted by Gasteiger charge is 2.30. The van der Waals surface area contributed by atoms with Crippen LogP contribution in [0.25, 0.3) is 0 Å². The van der Waals surface area contributed by atoms with Gasteiger partial charge in [-0.2, -0.15) is 13.2 Å². The Bertz CT molecular complexity index is 376. The van der Waals surface area contributed by atoms with Crippen LogP contribution in [0.2, 0.25) is 0 Å². The highest BCUT2D eigenvalue weighted by atomic mass is 35.5. The van der Waals surface area contributed by atoms with Gasteiger partial charge in [0.05, 0.1) is 11.4 Å². The SMILES string of the molecule is FC(F)(F)c1cncc(C#CCCl)c1. The lowest BCUT2D eigenvalue weighted by molar-refractivity contribution is -0.137. The largest absolute Gasteiger partial charge is 0.417 e. The van der Waals surface area contributed by atoms with Crippen LogP contribution in [0.3, 0.4) is 0 Å². The van der Waals surface area contributed by atoms with Crippen LogP contribution in [0.1, 0.15) is 11.1 Å². The Morgan fingerprint density at radius 3 is 2.64 bits per heavy atom. The molecule has 1 nitrogen and oxygen atoms in total. The lowest BCUT2D eigenvalue weighted by Gasteiger charge is -2.04. The number of pyridine rings is 1. The number of nitrogens with zero attached hydrogens (tertiary/aromatic N) is 1. The van der Waals surface area contributed by atoms with Gasteiger partial charge >= 0.3 is 6.18 Å². The molecule has 0 saturated carbocycles. The summed E-state index contributed by atoms with van der Waals surface area (Å²) in [4.78, 5) is 3.44. The van der Waals surface area contributed by atoms with Gasteiger partial charge < -0.3 is 0 Å². The van der Waals surface area contributed by atoms with Crippen molar-refractivity contribution in [2.45, 2.75) is 6.18 Å². The molecule has 1 aromatic heterocycles. The Kier molecular flexibility index (Phi) is 3.37. The van der Waals surface area contributed by atoms with Crippen molar-refractivity contribution >= 4 is 11.6 Å². The maximum atomic E-state index is 12.2. The minimum atomic E-state index is -4.38. The van der Waals surface area contributed by atoms with Crippen molar-refractivity contribution in [2.75, 3.05) is 5.88 Å². The first-order chi connectivity index (χ1) is 6.54. The summed E-state index contributed by atoms with van der Waals surface area (Å²) in [7, 11) is 0. The van der Waals surface area contributed by atoms with Gasteiger partial charge in [0.2, 0.25) is 0 Å². The molecule has 0 amide bonds. The van der Waals surface area contributed by atoms with Crippen LogP contribution in [0.5, 0.6) is 0 Å². The Morgan fingerprint density at radius 2 is 2.07 bits per heavy atom. The van der Waals surface area contributed by atoms with E-state index in [2.05, 4.69) is 16.8 Å². The molecule has 74 valence electrons. The molecular formula is C9H5ClF3N. The number of aromatic nitrogens is 1. The van der Waals surface area contributed by atoms with Crippen LogP contribution in [0.4, 0.5) is 13.2 Å². The number of halogens is 4. The summed E-state index contributed by atoms with van der Waals surface area (Å²) in [5, 5.41) is 0. The van der Waals surface area contributed by atoms with Crippen molar-refractivity contribution in [2.24, 2.45) is 0 Å². The lowest BCUT2D eigenvalue weighted by atomic mass is 10.2. The quantitative estimate of drug-likeness (QED) is 0.483. The third kappa shape index (κ3) is 2.93. The van der Waals surface area contributed by atoms with Gasteiger partial charge in [-0.15, -0.1) is 11.6 Å². The molecule has 14 heavy (non-hydrogen) atoms. The third-order valence-corrected chi connectivity index (χ3v) is 1.50. The van der Waals surface area contributed by atoms with Crippen LogP contribution < -0.4 is 0 Å². The van der Waals surface area contributed by atoms with Crippen molar-refractivity contribution in [3.63, 3.8) is 0 Å². The monoisotopic (exact) mass is 219 g/mol. The predicted octanol–water partition coefficient (Wildman–Crippen LogP) is 2.69. The van der Waals surface area contributed by atoms with E-state index < -0.39 is 11.7 Å². The minimum absolute atomic E-state index is 0.0796. The van der Waals surface area contributed by atoms with E-state index in [0.29, 0.717) is 0 Å². The molecule has 0 atom stereocenters. The van der Waals surface area contributed by atoms with Gasteiger partial charge in [0, 0.05) is 18.0 Å². The Morgan fingerprint density at radius 1 is 1.36 bits per heavy atom. The Balaban J connectivity index is 3.02. The second-order valence-corrected chi connectivity index (χ2v) is 2.66. The smallest absolute Gasteiger partial charge is 0.263 e. The summed E-state index contributed by atoms with van der Waals surface area (Å²) in [5.41, 5.74) is -0.598. The lowest BCUT2D eigenvalue weighted by Crippen LogP contribution is -2.05. The van der Waals surface area contributed by atoms with E-state index in [1.807, 2.05) is 0 Å². The second-order valence-electron chi connectivity index (χ2n) is 2.40. The van der Waals surface area contributed by atoms with Crippen LogP contribution in [0, 0.1) is 11.8 Å². The fourth-order valence-corrected chi connectivity index (χ4v) is 0.866. The molecule has 1 heterocycles. The van der Waals surface area contributed by atoms with E-state index in [0.717, 1.165) is 12.3 Å². The fourth-order valence-electron chi connectivity index (χ4n) is 0.799. The summed E-state index contributed by atoms with van der Waals surface area (Å²) in [6, 6.07) is 0.937. The minimum Gasteiger partial charge on any atom is -0.263 e. The van der Waals surface area contributed by atoms with Gasteiger partial charge in [0.25, 0.3) is 0 Å². The summed E-state index contributed by atoms with van der Waals surface area (Å²) in [6.07, 6.45) is -2.37. The molecule has 0 unspecified atom stereocenters. The molecule has 0 aliphatic carbocycles.